The topological polar surface area (TPSA) is 79.6 Å². The van der Waals surface area contributed by atoms with Gasteiger partial charge >= 0.3 is 0 Å². The molecule has 1 aromatic heterocycles. The molecule has 1 aromatic carbocycles. The van der Waals surface area contributed by atoms with Crippen LogP contribution in [-0.2, 0) is 10.0 Å². The average Bonchev–Trinajstić information content (AvgIpc) is 3.15. The summed E-state index contributed by atoms with van der Waals surface area (Å²) in [4.78, 5) is 14.3. The minimum atomic E-state index is -3.55. The van der Waals surface area contributed by atoms with Crippen LogP contribution in [0.2, 0.25) is 0 Å². The summed E-state index contributed by atoms with van der Waals surface area (Å²) in [7, 11) is -3.55. The molecule has 0 atom stereocenters. The van der Waals surface area contributed by atoms with E-state index < -0.39 is 10.0 Å². The lowest BCUT2D eigenvalue weighted by molar-refractivity contribution is 0.0691. The van der Waals surface area contributed by atoms with E-state index in [1.54, 1.807) is 35.2 Å². The number of hydrogen-bond donors (Lipinski definition) is 1. The number of rotatable bonds is 5. The highest BCUT2D eigenvalue weighted by atomic mass is 79.9. The Morgan fingerprint density at radius 1 is 1.24 bits per heavy atom. The van der Waals surface area contributed by atoms with Crippen LogP contribution in [0.15, 0.2) is 56.6 Å². The number of amides is 1. The van der Waals surface area contributed by atoms with Crippen molar-refractivity contribution < 1.29 is 17.6 Å². The van der Waals surface area contributed by atoms with Crippen molar-refractivity contribution in [3.8, 4) is 0 Å². The van der Waals surface area contributed by atoms with E-state index in [1.165, 1.54) is 12.5 Å². The molecule has 0 bridgehead atoms. The van der Waals surface area contributed by atoms with Gasteiger partial charge in [-0.05, 0) is 52.9 Å². The lowest BCUT2D eigenvalue weighted by Gasteiger charge is -2.31. The molecule has 25 heavy (non-hydrogen) atoms. The fraction of sp³-hybridized carbons (Fsp3) is 0.353. The maximum absolute atomic E-state index is 12.4. The predicted molar refractivity (Wildman–Crippen MR) is 96.7 cm³/mol. The summed E-state index contributed by atoms with van der Waals surface area (Å²) in [5, 5.41) is 0. The van der Waals surface area contributed by atoms with Crippen molar-refractivity contribution in [2.45, 2.75) is 17.7 Å². The highest BCUT2D eigenvalue weighted by Crippen LogP contribution is 2.23. The Balaban J connectivity index is 1.53. The van der Waals surface area contributed by atoms with Crippen molar-refractivity contribution in [2.75, 3.05) is 19.6 Å². The molecular weight excluding hydrogens is 408 g/mol. The smallest absolute Gasteiger partial charge is 0.257 e. The number of sulfonamides is 1. The van der Waals surface area contributed by atoms with Gasteiger partial charge in [-0.25, -0.2) is 13.1 Å². The highest BCUT2D eigenvalue weighted by molar-refractivity contribution is 9.10. The van der Waals surface area contributed by atoms with Crippen LogP contribution in [0.1, 0.15) is 23.2 Å². The summed E-state index contributed by atoms with van der Waals surface area (Å²) >= 11 is 3.27. The Labute approximate surface area is 155 Å². The lowest BCUT2D eigenvalue weighted by atomic mass is 9.97. The number of carbonyl (C=O) groups excluding carboxylic acids is 1. The van der Waals surface area contributed by atoms with E-state index in [9.17, 15) is 13.2 Å². The lowest BCUT2D eigenvalue weighted by Crippen LogP contribution is -2.41. The molecule has 2 aromatic rings. The fourth-order valence-electron chi connectivity index (χ4n) is 2.88. The zero-order chi connectivity index (χ0) is 17.9. The third-order valence-corrected chi connectivity index (χ3v) is 6.79. The molecule has 1 N–H and O–H groups in total. The molecule has 0 aliphatic carbocycles. The van der Waals surface area contributed by atoms with Gasteiger partial charge in [0.25, 0.3) is 5.91 Å². The Morgan fingerprint density at radius 3 is 2.60 bits per heavy atom. The third kappa shape index (κ3) is 4.31. The summed E-state index contributed by atoms with van der Waals surface area (Å²) in [6.45, 7) is 1.61. The van der Waals surface area contributed by atoms with Gasteiger partial charge in [0.1, 0.15) is 6.26 Å². The van der Waals surface area contributed by atoms with Gasteiger partial charge in [0.15, 0.2) is 0 Å². The van der Waals surface area contributed by atoms with Crippen LogP contribution in [-0.4, -0.2) is 38.9 Å². The maximum atomic E-state index is 12.4. The number of hydrogen-bond acceptors (Lipinski definition) is 4. The largest absolute Gasteiger partial charge is 0.472 e. The number of nitrogens with zero attached hydrogens (tertiary/aromatic N) is 1. The van der Waals surface area contributed by atoms with Crippen molar-refractivity contribution in [2.24, 2.45) is 5.92 Å². The number of benzene rings is 1. The van der Waals surface area contributed by atoms with Gasteiger partial charge < -0.3 is 9.32 Å². The summed E-state index contributed by atoms with van der Waals surface area (Å²) < 4.78 is 33.0. The SMILES string of the molecule is O=C(c1ccoc1)N1CCC(CNS(=O)(=O)c2ccccc2Br)CC1. The molecule has 1 saturated heterocycles. The number of halogens is 1. The van der Waals surface area contributed by atoms with Gasteiger partial charge in [0.05, 0.1) is 16.7 Å². The Kier molecular flexibility index (Phi) is 5.61. The number of carbonyl (C=O) groups is 1. The molecule has 3 rings (SSSR count). The van der Waals surface area contributed by atoms with Crippen LogP contribution in [0.4, 0.5) is 0 Å². The van der Waals surface area contributed by atoms with Crippen molar-refractivity contribution >= 4 is 31.9 Å². The second-order valence-electron chi connectivity index (χ2n) is 6.03. The van der Waals surface area contributed by atoms with Crippen LogP contribution in [0.5, 0.6) is 0 Å². The van der Waals surface area contributed by atoms with Crippen molar-refractivity contribution in [1.29, 1.82) is 0 Å². The number of nitrogens with one attached hydrogen (secondary N) is 1. The maximum Gasteiger partial charge on any atom is 0.257 e. The normalized spacial score (nSPS) is 16.1. The van der Waals surface area contributed by atoms with Crippen molar-refractivity contribution in [3.05, 3.63) is 52.9 Å². The van der Waals surface area contributed by atoms with Gasteiger partial charge in [-0.1, -0.05) is 12.1 Å². The first-order chi connectivity index (χ1) is 12.0. The Hall–Kier alpha value is -1.64. The number of likely N-dealkylation sites (tertiary alicyclic amines) is 1. The Morgan fingerprint density at radius 2 is 1.96 bits per heavy atom. The van der Waals surface area contributed by atoms with Gasteiger partial charge in [-0.15, -0.1) is 0 Å². The van der Waals surface area contributed by atoms with Crippen molar-refractivity contribution in [3.63, 3.8) is 0 Å². The summed E-state index contributed by atoms with van der Waals surface area (Å²) in [6, 6.07) is 8.39. The number of furan rings is 1. The van der Waals surface area contributed by atoms with Crippen LogP contribution < -0.4 is 4.72 Å². The van der Waals surface area contributed by atoms with E-state index in [0.717, 1.165) is 12.8 Å². The second kappa shape index (κ2) is 7.72. The van der Waals surface area contributed by atoms with E-state index in [1.807, 2.05) is 0 Å². The fourth-order valence-corrected chi connectivity index (χ4v) is 4.99. The minimum Gasteiger partial charge on any atom is -0.472 e. The minimum absolute atomic E-state index is 0.0407. The third-order valence-electron chi connectivity index (χ3n) is 4.36. The van der Waals surface area contributed by atoms with Gasteiger partial charge in [0, 0.05) is 24.1 Å². The van der Waals surface area contributed by atoms with Crippen molar-refractivity contribution in [1.82, 2.24) is 9.62 Å². The van der Waals surface area contributed by atoms with Crippen LogP contribution in [0, 0.1) is 5.92 Å². The van der Waals surface area contributed by atoms with Gasteiger partial charge in [0.2, 0.25) is 10.0 Å². The molecule has 2 heterocycles. The summed E-state index contributed by atoms with van der Waals surface area (Å²) in [6.07, 6.45) is 4.46. The quantitative estimate of drug-likeness (QED) is 0.796. The first-order valence-corrected chi connectivity index (χ1v) is 10.3. The average molecular weight is 427 g/mol. The van der Waals surface area contributed by atoms with Gasteiger partial charge in [-0.3, -0.25) is 4.79 Å². The molecule has 1 fully saturated rings. The van der Waals surface area contributed by atoms with E-state index in [4.69, 9.17) is 4.42 Å². The summed E-state index contributed by atoms with van der Waals surface area (Å²) in [5.74, 6) is 0.173. The predicted octanol–water partition coefficient (Wildman–Crippen LogP) is 2.87. The van der Waals surface area contributed by atoms with Crippen LogP contribution in [0.3, 0.4) is 0 Å². The van der Waals surface area contributed by atoms with E-state index in [0.29, 0.717) is 29.7 Å². The zero-order valence-electron chi connectivity index (χ0n) is 13.5. The molecule has 0 spiro atoms. The molecule has 1 aliphatic heterocycles. The monoisotopic (exact) mass is 426 g/mol. The molecule has 1 amide bonds. The molecule has 1 aliphatic rings. The van der Waals surface area contributed by atoms with E-state index in [-0.39, 0.29) is 16.7 Å². The standard InChI is InChI=1S/C17H19BrN2O4S/c18-15-3-1-2-4-16(15)25(22,23)19-11-13-5-8-20(9-6-13)17(21)14-7-10-24-12-14/h1-4,7,10,12-13,19H,5-6,8-9,11H2. The van der Waals surface area contributed by atoms with E-state index >= 15 is 0 Å². The Bertz CT molecular complexity index is 828. The van der Waals surface area contributed by atoms with Gasteiger partial charge in [-0.2, -0.15) is 0 Å². The molecular formula is C17H19BrN2O4S. The molecule has 0 saturated carbocycles. The molecule has 0 unspecified atom stereocenters. The number of piperidine rings is 1. The first kappa shape index (κ1) is 18.2. The highest BCUT2D eigenvalue weighted by Gasteiger charge is 2.26. The first-order valence-electron chi connectivity index (χ1n) is 8.03. The second-order valence-corrected chi connectivity index (χ2v) is 8.62. The van der Waals surface area contributed by atoms with Crippen LogP contribution in [0.25, 0.3) is 0 Å². The molecule has 8 heteroatoms. The molecule has 0 radical (unpaired) electrons. The summed E-state index contributed by atoms with van der Waals surface area (Å²) in [5.41, 5.74) is 0.549. The molecule has 134 valence electrons. The zero-order valence-corrected chi connectivity index (χ0v) is 15.9. The van der Waals surface area contributed by atoms with Crippen LogP contribution >= 0.6 is 15.9 Å². The molecule has 6 nitrogen and oxygen atoms in total. The van der Waals surface area contributed by atoms with E-state index in [2.05, 4.69) is 20.7 Å².